The van der Waals surface area contributed by atoms with E-state index in [0.717, 1.165) is 11.5 Å². The molecule has 2 N–H and O–H groups in total. The molecule has 0 amide bonds. The summed E-state index contributed by atoms with van der Waals surface area (Å²) in [4.78, 5) is 15.0. The van der Waals surface area contributed by atoms with Crippen molar-refractivity contribution in [2.24, 2.45) is 0 Å². The van der Waals surface area contributed by atoms with Gasteiger partial charge in [-0.3, -0.25) is 4.79 Å². The first-order valence-electron chi connectivity index (χ1n) is 4.95. The molecule has 5 heteroatoms. The Hall–Kier alpha value is -1.36. The molecule has 1 unspecified atom stereocenters. The second-order valence-corrected chi connectivity index (χ2v) is 3.59. The minimum absolute atomic E-state index is 0.493. The molecule has 15 heavy (non-hydrogen) atoms. The van der Waals surface area contributed by atoms with E-state index in [2.05, 4.69) is 10.3 Å². The molecule has 1 heterocycles. The van der Waals surface area contributed by atoms with Crippen LogP contribution < -0.4 is 5.32 Å². The van der Waals surface area contributed by atoms with Crippen LogP contribution in [0.1, 0.15) is 17.9 Å². The van der Waals surface area contributed by atoms with Crippen LogP contribution in [0.15, 0.2) is 6.20 Å². The lowest BCUT2D eigenvalue weighted by Crippen LogP contribution is -2.34. The van der Waals surface area contributed by atoms with Gasteiger partial charge in [0, 0.05) is 12.7 Å². The zero-order valence-corrected chi connectivity index (χ0v) is 9.32. The summed E-state index contributed by atoms with van der Waals surface area (Å²) >= 11 is 0. The molecule has 0 aliphatic rings. The highest BCUT2D eigenvalue weighted by atomic mass is 16.4. The van der Waals surface area contributed by atoms with Crippen LogP contribution in [0.2, 0.25) is 0 Å². The fourth-order valence-corrected chi connectivity index (χ4v) is 1.55. The lowest BCUT2D eigenvalue weighted by molar-refractivity contribution is -0.139. The average molecular weight is 211 g/mol. The normalized spacial score (nSPS) is 12.7. The number of aliphatic carboxylic acids is 1. The maximum Gasteiger partial charge on any atom is 0.320 e. The monoisotopic (exact) mass is 211 g/mol. The second kappa shape index (κ2) is 4.93. The topological polar surface area (TPSA) is 67.2 Å². The number of aromatic nitrogens is 2. The number of carboxylic acids is 1. The third kappa shape index (κ3) is 3.06. The summed E-state index contributed by atoms with van der Waals surface area (Å²) in [6.45, 7) is 4.52. The third-order valence-corrected chi connectivity index (χ3v) is 2.40. The van der Waals surface area contributed by atoms with Crippen molar-refractivity contribution in [2.75, 3.05) is 7.05 Å². The highest BCUT2D eigenvalue weighted by Gasteiger charge is 2.14. The van der Waals surface area contributed by atoms with Gasteiger partial charge in [-0.25, -0.2) is 4.98 Å². The van der Waals surface area contributed by atoms with E-state index < -0.39 is 12.0 Å². The molecule has 0 spiro atoms. The largest absolute Gasteiger partial charge is 0.480 e. The molecule has 84 valence electrons. The van der Waals surface area contributed by atoms with E-state index in [4.69, 9.17) is 5.11 Å². The molecule has 1 aromatic heterocycles. The van der Waals surface area contributed by atoms with Gasteiger partial charge < -0.3 is 15.0 Å². The van der Waals surface area contributed by atoms with E-state index in [1.54, 1.807) is 7.05 Å². The van der Waals surface area contributed by atoms with Crippen LogP contribution in [0, 0.1) is 13.8 Å². The van der Waals surface area contributed by atoms with Crippen molar-refractivity contribution in [3.63, 3.8) is 0 Å². The Kier molecular flexibility index (Phi) is 3.85. The van der Waals surface area contributed by atoms with Gasteiger partial charge >= 0.3 is 5.97 Å². The molecular formula is C10H17N3O2. The van der Waals surface area contributed by atoms with Crippen LogP contribution in [0.25, 0.3) is 0 Å². The van der Waals surface area contributed by atoms with Crippen LogP contribution in [0.3, 0.4) is 0 Å². The highest BCUT2D eigenvalue weighted by molar-refractivity contribution is 5.73. The summed E-state index contributed by atoms with van der Waals surface area (Å²) in [5.41, 5.74) is 0.962. The SMILES string of the molecule is CNC(CCn1cc(C)nc1C)C(=O)O. The predicted molar refractivity (Wildman–Crippen MR) is 56.8 cm³/mol. The molecule has 1 rings (SSSR count). The number of hydrogen-bond acceptors (Lipinski definition) is 3. The average Bonchev–Trinajstić information content (AvgIpc) is 2.45. The number of carboxylic acid groups (broad SMARTS) is 1. The smallest absolute Gasteiger partial charge is 0.320 e. The molecule has 0 fully saturated rings. The van der Waals surface area contributed by atoms with E-state index in [1.807, 2.05) is 24.6 Å². The molecule has 1 atom stereocenters. The lowest BCUT2D eigenvalue weighted by atomic mass is 10.2. The Morgan fingerprint density at radius 1 is 1.67 bits per heavy atom. The molecule has 0 bridgehead atoms. The summed E-state index contributed by atoms with van der Waals surface area (Å²) in [5, 5.41) is 11.6. The molecular weight excluding hydrogens is 194 g/mol. The molecule has 0 aromatic carbocycles. The van der Waals surface area contributed by atoms with E-state index in [9.17, 15) is 4.79 Å². The van der Waals surface area contributed by atoms with Crippen molar-refractivity contribution in [2.45, 2.75) is 32.9 Å². The lowest BCUT2D eigenvalue weighted by Gasteiger charge is -2.11. The molecule has 1 aromatic rings. The minimum atomic E-state index is -0.813. The van der Waals surface area contributed by atoms with Crippen LogP contribution in [-0.2, 0) is 11.3 Å². The van der Waals surface area contributed by atoms with Gasteiger partial charge in [-0.05, 0) is 27.3 Å². The van der Waals surface area contributed by atoms with Gasteiger partial charge in [-0.2, -0.15) is 0 Å². The number of nitrogens with zero attached hydrogens (tertiary/aromatic N) is 2. The van der Waals surface area contributed by atoms with Crippen LogP contribution in [-0.4, -0.2) is 33.7 Å². The summed E-state index contributed by atoms with van der Waals surface area (Å²) in [6.07, 6.45) is 2.49. The number of imidazole rings is 1. The van der Waals surface area contributed by atoms with Crippen LogP contribution in [0.5, 0.6) is 0 Å². The number of aryl methyl sites for hydroxylation is 3. The summed E-state index contributed by atoms with van der Waals surface area (Å²) in [5.74, 6) is 0.111. The highest BCUT2D eigenvalue weighted by Crippen LogP contribution is 2.04. The number of hydrogen-bond donors (Lipinski definition) is 2. The number of nitrogens with one attached hydrogen (secondary N) is 1. The van der Waals surface area contributed by atoms with Crippen molar-refractivity contribution < 1.29 is 9.90 Å². The van der Waals surface area contributed by atoms with Gasteiger partial charge in [-0.1, -0.05) is 0 Å². The number of likely N-dealkylation sites (N-methyl/N-ethyl adjacent to an activating group) is 1. The quantitative estimate of drug-likeness (QED) is 0.747. The minimum Gasteiger partial charge on any atom is -0.480 e. The van der Waals surface area contributed by atoms with Gasteiger partial charge in [0.25, 0.3) is 0 Å². The van der Waals surface area contributed by atoms with Crippen LogP contribution in [0.4, 0.5) is 0 Å². The van der Waals surface area contributed by atoms with Crippen molar-refractivity contribution in [3.8, 4) is 0 Å². The van der Waals surface area contributed by atoms with E-state index in [0.29, 0.717) is 13.0 Å². The first-order valence-corrected chi connectivity index (χ1v) is 4.95. The fourth-order valence-electron chi connectivity index (χ4n) is 1.55. The van der Waals surface area contributed by atoms with E-state index in [-0.39, 0.29) is 0 Å². The summed E-state index contributed by atoms with van der Waals surface area (Å²) in [7, 11) is 1.66. The number of carbonyl (C=O) groups is 1. The van der Waals surface area contributed by atoms with E-state index in [1.165, 1.54) is 0 Å². The zero-order valence-electron chi connectivity index (χ0n) is 9.32. The summed E-state index contributed by atoms with van der Waals surface area (Å²) < 4.78 is 1.97. The van der Waals surface area contributed by atoms with Gasteiger partial charge in [0.2, 0.25) is 0 Å². The van der Waals surface area contributed by atoms with Gasteiger partial charge in [0.1, 0.15) is 11.9 Å². The predicted octanol–water partition coefficient (Wildman–Crippen LogP) is 0.563. The third-order valence-electron chi connectivity index (χ3n) is 2.40. The van der Waals surface area contributed by atoms with Gasteiger partial charge in [0.05, 0.1) is 5.69 Å². The Morgan fingerprint density at radius 2 is 2.33 bits per heavy atom. The first kappa shape index (κ1) is 11.7. The van der Waals surface area contributed by atoms with Crippen LogP contribution >= 0.6 is 0 Å². The van der Waals surface area contributed by atoms with Crippen molar-refractivity contribution in [1.82, 2.24) is 14.9 Å². The second-order valence-electron chi connectivity index (χ2n) is 3.59. The maximum absolute atomic E-state index is 10.8. The van der Waals surface area contributed by atoms with E-state index >= 15 is 0 Å². The molecule has 0 saturated carbocycles. The molecule has 0 saturated heterocycles. The first-order chi connectivity index (χ1) is 7.04. The molecule has 5 nitrogen and oxygen atoms in total. The Morgan fingerprint density at radius 3 is 2.73 bits per heavy atom. The van der Waals surface area contributed by atoms with Crippen molar-refractivity contribution in [1.29, 1.82) is 0 Å². The van der Waals surface area contributed by atoms with Gasteiger partial charge in [0.15, 0.2) is 0 Å². The van der Waals surface area contributed by atoms with Gasteiger partial charge in [-0.15, -0.1) is 0 Å². The molecule has 0 aliphatic heterocycles. The standard InChI is InChI=1S/C10H17N3O2/c1-7-6-13(8(2)12-7)5-4-9(11-3)10(14)15/h6,9,11H,4-5H2,1-3H3,(H,14,15). The van der Waals surface area contributed by atoms with Crippen molar-refractivity contribution in [3.05, 3.63) is 17.7 Å². The summed E-state index contributed by atoms with van der Waals surface area (Å²) in [6, 6.07) is -0.493. The maximum atomic E-state index is 10.8. The molecule has 0 aliphatic carbocycles. The Labute approximate surface area is 89.1 Å². The Bertz CT molecular complexity index is 346. The molecule has 0 radical (unpaired) electrons. The fraction of sp³-hybridized carbons (Fsp3) is 0.600. The number of rotatable bonds is 5. The zero-order chi connectivity index (χ0) is 11.4. The van der Waals surface area contributed by atoms with Crippen molar-refractivity contribution >= 4 is 5.97 Å². The Balaban J connectivity index is 2.56.